The third-order valence-corrected chi connectivity index (χ3v) is 3.75. The fourth-order valence-corrected chi connectivity index (χ4v) is 2.08. The smallest absolute Gasteiger partial charge is 0.137 e. The third kappa shape index (κ3) is 4.74. The summed E-state index contributed by atoms with van der Waals surface area (Å²) in [5.41, 5.74) is 6.95. The van der Waals surface area contributed by atoms with Crippen LogP contribution >= 0.6 is 15.9 Å². The number of hydrogen-bond acceptors (Lipinski definition) is 2. The molecular weight excluding hydrogens is 285 g/mol. The Morgan fingerprint density at radius 1 is 1.41 bits per heavy atom. The second-order valence-corrected chi connectivity index (χ2v) is 5.09. The lowest BCUT2D eigenvalue weighted by Crippen LogP contribution is -2.24. The molecular formula is C13H19BrFNO. The van der Waals surface area contributed by atoms with Crippen LogP contribution in [0.3, 0.4) is 0 Å². The number of benzene rings is 1. The molecule has 0 bridgehead atoms. The topological polar surface area (TPSA) is 35.2 Å². The summed E-state index contributed by atoms with van der Waals surface area (Å²) < 4.78 is 19.0. The quantitative estimate of drug-likeness (QED) is 0.875. The predicted molar refractivity (Wildman–Crippen MR) is 71.5 cm³/mol. The minimum atomic E-state index is -0.236. The van der Waals surface area contributed by atoms with Crippen LogP contribution in [0.4, 0.5) is 4.39 Å². The maximum absolute atomic E-state index is 13.3. The van der Waals surface area contributed by atoms with Gasteiger partial charge in [-0.05, 0) is 53.7 Å². The number of methoxy groups -OCH3 is 1. The maximum Gasteiger partial charge on any atom is 0.137 e. The van der Waals surface area contributed by atoms with E-state index in [1.165, 1.54) is 6.07 Å². The standard InChI is InChI=1S/C13H19BrFNO/c1-9(17-2)6-7-11(16)8-10-4-3-5-12(15)13(10)14/h3-5,9,11H,6-8,16H2,1-2H3. The van der Waals surface area contributed by atoms with Crippen molar-refractivity contribution in [2.24, 2.45) is 5.73 Å². The van der Waals surface area contributed by atoms with Crippen molar-refractivity contribution >= 4 is 15.9 Å². The average Bonchev–Trinajstić information content (AvgIpc) is 2.32. The molecule has 0 aromatic heterocycles. The monoisotopic (exact) mass is 303 g/mol. The molecule has 0 fully saturated rings. The minimum absolute atomic E-state index is 0.0331. The van der Waals surface area contributed by atoms with E-state index in [0.717, 1.165) is 18.4 Å². The van der Waals surface area contributed by atoms with E-state index in [0.29, 0.717) is 10.9 Å². The van der Waals surface area contributed by atoms with Gasteiger partial charge in [0.05, 0.1) is 10.6 Å². The van der Waals surface area contributed by atoms with Crippen LogP contribution in [0.2, 0.25) is 0 Å². The second-order valence-electron chi connectivity index (χ2n) is 4.30. The van der Waals surface area contributed by atoms with Gasteiger partial charge in [0.1, 0.15) is 5.82 Å². The molecule has 0 aliphatic rings. The van der Waals surface area contributed by atoms with Crippen LogP contribution in [0, 0.1) is 5.82 Å². The van der Waals surface area contributed by atoms with Crippen LogP contribution in [0.5, 0.6) is 0 Å². The van der Waals surface area contributed by atoms with Crippen molar-refractivity contribution in [1.82, 2.24) is 0 Å². The first-order chi connectivity index (χ1) is 8.04. The zero-order valence-electron chi connectivity index (χ0n) is 10.2. The molecule has 1 aromatic carbocycles. The van der Waals surface area contributed by atoms with Crippen molar-refractivity contribution in [1.29, 1.82) is 0 Å². The van der Waals surface area contributed by atoms with E-state index in [1.807, 2.05) is 13.0 Å². The molecule has 2 nitrogen and oxygen atoms in total. The Kier molecular flexibility index (Phi) is 6.09. The van der Waals surface area contributed by atoms with Gasteiger partial charge in [0.15, 0.2) is 0 Å². The molecule has 0 heterocycles. The first kappa shape index (κ1) is 14.6. The van der Waals surface area contributed by atoms with Gasteiger partial charge in [0.25, 0.3) is 0 Å². The van der Waals surface area contributed by atoms with Gasteiger partial charge in [-0.15, -0.1) is 0 Å². The molecule has 1 aromatic rings. The summed E-state index contributed by atoms with van der Waals surface area (Å²) in [7, 11) is 1.69. The Labute approximate surface area is 110 Å². The van der Waals surface area contributed by atoms with Crippen LogP contribution in [0.1, 0.15) is 25.3 Å². The Morgan fingerprint density at radius 2 is 2.12 bits per heavy atom. The molecule has 1 rings (SSSR count). The lowest BCUT2D eigenvalue weighted by atomic mass is 10.0. The van der Waals surface area contributed by atoms with Crippen molar-refractivity contribution < 1.29 is 9.13 Å². The van der Waals surface area contributed by atoms with Crippen LogP contribution in [-0.2, 0) is 11.2 Å². The van der Waals surface area contributed by atoms with Crippen molar-refractivity contribution in [2.45, 2.75) is 38.3 Å². The first-order valence-electron chi connectivity index (χ1n) is 5.75. The Bertz CT molecular complexity index is 359. The largest absolute Gasteiger partial charge is 0.382 e. The third-order valence-electron chi connectivity index (χ3n) is 2.86. The number of halogens is 2. The van der Waals surface area contributed by atoms with E-state index < -0.39 is 0 Å². The van der Waals surface area contributed by atoms with E-state index >= 15 is 0 Å². The van der Waals surface area contributed by atoms with Gasteiger partial charge < -0.3 is 10.5 Å². The van der Waals surface area contributed by atoms with Crippen molar-refractivity contribution in [3.05, 3.63) is 34.1 Å². The predicted octanol–water partition coefficient (Wildman–Crippen LogP) is 3.27. The van der Waals surface area contributed by atoms with Gasteiger partial charge in [-0.25, -0.2) is 4.39 Å². The van der Waals surface area contributed by atoms with E-state index in [2.05, 4.69) is 15.9 Å². The fraction of sp³-hybridized carbons (Fsp3) is 0.538. The lowest BCUT2D eigenvalue weighted by molar-refractivity contribution is 0.107. The van der Waals surface area contributed by atoms with Crippen LogP contribution in [0.15, 0.2) is 22.7 Å². The SMILES string of the molecule is COC(C)CCC(N)Cc1cccc(F)c1Br. The van der Waals surface area contributed by atoms with E-state index in [1.54, 1.807) is 13.2 Å². The highest BCUT2D eigenvalue weighted by Crippen LogP contribution is 2.22. The summed E-state index contributed by atoms with van der Waals surface area (Å²) >= 11 is 3.25. The Morgan fingerprint density at radius 3 is 2.76 bits per heavy atom. The first-order valence-corrected chi connectivity index (χ1v) is 6.55. The molecule has 2 N–H and O–H groups in total. The summed E-state index contributed by atoms with van der Waals surface area (Å²) in [6, 6.07) is 5.07. The van der Waals surface area contributed by atoms with E-state index in [9.17, 15) is 4.39 Å². The second kappa shape index (κ2) is 7.09. The summed E-state index contributed by atoms with van der Waals surface area (Å²) in [6.07, 6.45) is 2.69. The van der Waals surface area contributed by atoms with Gasteiger partial charge in [0, 0.05) is 13.2 Å². The van der Waals surface area contributed by atoms with Crippen molar-refractivity contribution in [3.63, 3.8) is 0 Å². The minimum Gasteiger partial charge on any atom is -0.382 e. The van der Waals surface area contributed by atoms with Crippen molar-refractivity contribution in [3.8, 4) is 0 Å². The van der Waals surface area contributed by atoms with Gasteiger partial charge in [-0.2, -0.15) is 0 Å². The van der Waals surface area contributed by atoms with E-state index in [-0.39, 0.29) is 18.0 Å². The van der Waals surface area contributed by atoms with E-state index in [4.69, 9.17) is 10.5 Å². The average molecular weight is 304 g/mol. The number of hydrogen-bond donors (Lipinski definition) is 1. The maximum atomic E-state index is 13.3. The van der Waals surface area contributed by atoms with Gasteiger partial charge in [-0.1, -0.05) is 12.1 Å². The highest BCUT2D eigenvalue weighted by molar-refractivity contribution is 9.10. The van der Waals surface area contributed by atoms with Crippen LogP contribution < -0.4 is 5.73 Å². The summed E-state index contributed by atoms with van der Waals surface area (Å²) in [5.74, 6) is -0.236. The fourth-order valence-electron chi connectivity index (χ4n) is 1.66. The molecule has 4 heteroatoms. The molecule has 0 radical (unpaired) electrons. The molecule has 96 valence electrons. The summed E-state index contributed by atoms with van der Waals surface area (Å²) in [4.78, 5) is 0. The molecule has 2 unspecified atom stereocenters. The normalized spacial score (nSPS) is 14.6. The number of ether oxygens (including phenoxy) is 1. The number of nitrogens with two attached hydrogens (primary N) is 1. The Balaban J connectivity index is 2.50. The van der Waals surface area contributed by atoms with Gasteiger partial charge in [0.2, 0.25) is 0 Å². The molecule has 0 saturated carbocycles. The molecule has 0 spiro atoms. The molecule has 0 amide bonds. The molecule has 2 atom stereocenters. The highest BCUT2D eigenvalue weighted by atomic mass is 79.9. The molecule has 0 aliphatic heterocycles. The van der Waals surface area contributed by atoms with Crippen LogP contribution in [-0.4, -0.2) is 19.3 Å². The molecule has 17 heavy (non-hydrogen) atoms. The van der Waals surface area contributed by atoms with Gasteiger partial charge >= 0.3 is 0 Å². The van der Waals surface area contributed by atoms with Crippen LogP contribution in [0.25, 0.3) is 0 Å². The zero-order valence-corrected chi connectivity index (χ0v) is 11.8. The lowest BCUT2D eigenvalue weighted by Gasteiger charge is -2.15. The number of rotatable bonds is 6. The Hall–Kier alpha value is -0.450. The molecule has 0 saturated heterocycles. The highest BCUT2D eigenvalue weighted by Gasteiger charge is 2.11. The zero-order chi connectivity index (χ0) is 12.8. The van der Waals surface area contributed by atoms with Gasteiger partial charge in [-0.3, -0.25) is 0 Å². The summed E-state index contributed by atoms with van der Waals surface area (Å²) in [6.45, 7) is 2.02. The molecule has 0 aliphatic carbocycles. The summed E-state index contributed by atoms with van der Waals surface area (Å²) in [5, 5.41) is 0. The van der Waals surface area contributed by atoms with Crippen molar-refractivity contribution in [2.75, 3.05) is 7.11 Å².